The van der Waals surface area contributed by atoms with E-state index in [0.29, 0.717) is 0 Å². The van der Waals surface area contributed by atoms with Gasteiger partial charge in [0, 0.05) is 11.0 Å². The van der Waals surface area contributed by atoms with E-state index in [4.69, 9.17) is 0 Å². The van der Waals surface area contributed by atoms with Gasteiger partial charge < -0.3 is 4.90 Å². The number of halogens is 2. The van der Waals surface area contributed by atoms with Gasteiger partial charge >= 0.3 is 0 Å². The summed E-state index contributed by atoms with van der Waals surface area (Å²) < 4.78 is 1.05. The predicted molar refractivity (Wildman–Crippen MR) is 92.1 cm³/mol. The minimum absolute atomic E-state index is 0.0665. The number of rotatable bonds is 6. The fourth-order valence-electron chi connectivity index (χ4n) is 2.16. The Balaban J connectivity index is 3.02. The maximum Gasteiger partial charge on any atom is 0.237 e. The standard InChI is InChI=1S/C16H23Br2NO/c1-5-10-19(16(20)15(18)11(2)3)12(4)13-8-6-7-9-14(13)17/h6-9,11-12,15H,5,10H2,1-4H3. The second-order valence-electron chi connectivity index (χ2n) is 5.37. The summed E-state index contributed by atoms with van der Waals surface area (Å²) in [6.07, 6.45) is 0.957. The van der Waals surface area contributed by atoms with E-state index in [0.717, 1.165) is 23.0 Å². The molecule has 0 heterocycles. The molecule has 0 aliphatic rings. The zero-order valence-corrected chi connectivity index (χ0v) is 15.7. The Bertz CT molecular complexity index is 448. The molecule has 0 radical (unpaired) electrons. The van der Waals surface area contributed by atoms with E-state index < -0.39 is 0 Å². The second kappa shape index (κ2) is 8.18. The Kier molecular flexibility index (Phi) is 7.24. The minimum Gasteiger partial charge on any atom is -0.335 e. The molecule has 0 fully saturated rings. The van der Waals surface area contributed by atoms with Crippen LogP contribution in [0.5, 0.6) is 0 Å². The van der Waals surface area contributed by atoms with E-state index in [1.54, 1.807) is 0 Å². The molecule has 2 nitrogen and oxygen atoms in total. The van der Waals surface area contributed by atoms with E-state index in [1.807, 2.05) is 23.1 Å². The van der Waals surface area contributed by atoms with Crippen molar-refractivity contribution in [3.8, 4) is 0 Å². The normalized spacial score (nSPS) is 14.2. The molecule has 0 bridgehead atoms. The van der Waals surface area contributed by atoms with Crippen LogP contribution in [-0.4, -0.2) is 22.2 Å². The number of carbonyl (C=O) groups is 1. The second-order valence-corrected chi connectivity index (χ2v) is 7.22. The highest BCUT2D eigenvalue weighted by atomic mass is 79.9. The lowest BCUT2D eigenvalue weighted by molar-refractivity contribution is -0.133. The molecule has 0 saturated carbocycles. The van der Waals surface area contributed by atoms with Crippen molar-refractivity contribution in [2.75, 3.05) is 6.54 Å². The largest absolute Gasteiger partial charge is 0.335 e. The lowest BCUT2D eigenvalue weighted by atomic mass is 10.0. The molecule has 1 aromatic carbocycles. The molecule has 0 N–H and O–H groups in total. The van der Waals surface area contributed by atoms with Crippen LogP contribution in [0.25, 0.3) is 0 Å². The molecule has 0 spiro atoms. The molecule has 0 aliphatic carbocycles. The first-order chi connectivity index (χ1) is 9.40. The van der Waals surface area contributed by atoms with Crippen molar-refractivity contribution < 1.29 is 4.79 Å². The SMILES string of the molecule is CCCN(C(=O)C(Br)C(C)C)C(C)c1ccccc1Br. The Hall–Kier alpha value is -0.350. The van der Waals surface area contributed by atoms with Gasteiger partial charge in [-0.2, -0.15) is 0 Å². The summed E-state index contributed by atoms with van der Waals surface area (Å²) in [4.78, 5) is 14.5. The van der Waals surface area contributed by atoms with E-state index >= 15 is 0 Å². The van der Waals surface area contributed by atoms with Crippen molar-refractivity contribution in [1.29, 1.82) is 0 Å². The van der Waals surface area contributed by atoms with Gasteiger partial charge in [-0.1, -0.05) is 70.8 Å². The van der Waals surface area contributed by atoms with E-state index in [1.165, 1.54) is 0 Å². The summed E-state index contributed by atoms with van der Waals surface area (Å²) in [5, 5.41) is 0. The monoisotopic (exact) mass is 403 g/mol. The molecule has 112 valence electrons. The minimum atomic E-state index is -0.126. The van der Waals surface area contributed by atoms with Gasteiger partial charge in [-0.3, -0.25) is 4.79 Å². The van der Waals surface area contributed by atoms with Crippen LogP contribution < -0.4 is 0 Å². The van der Waals surface area contributed by atoms with Crippen molar-refractivity contribution in [2.45, 2.75) is 45.0 Å². The average Bonchev–Trinajstić information content (AvgIpc) is 2.43. The first kappa shape index (κ1) is 17.7. The highest BCUT2D eigenvalue weighted by molar-refractivity contribution is 9.10. The van der Waals surface area contributed by atoms with Crippen LogP contribution in [0.15, 0.2) is 28.7 Å². The number of amides is 1. The number of alkyl halides is 1. The van der Waals surface area contributed by atoms with Crippen LogP contribution in [-0.2, 0) is 4.79 Å². The van der Waals surface area contributed by atoms with Gasteiger partial charge in [-0.15, -0.1) is 0 Å². The summed E-state index contributed by atoms with van der Waals surface area (Å²) in [7, 11) is 0. The zero-order valence-electron chi connectivity index (χ0n) is 12.6. The molecule has 2 atom stereocenters. The third-order valence-electron chi connectivity index (χ3n) is 3.39. The molecular formula is C16H23Br2NO. The Morgan fingerprint density at radius 3 is 2.35 bits per heavy atom. The van der Waals surface area contributed by atoms with Crippen molar-refractivity contribution >= 4 is 37.8 Å². The molecule has 1 aromatic rings. The topological polar surface area (TPSA) is 20.3 Å². The van der Waals surface area contributed by atoms with Crippen molar-refractivity contribution in [1.82, 2.24) is 4.90 Å². The van der Waals surface area contributed by atoms with Crippen LogP contribution in [0.2, 0.25) is 0 Å². The third kappa shape index (κ3) is 4.32. The van der Waals surface area contributed by atoms with Crippen LogP contribution in [0.3, 0.4) is 0 Å². The number of carbonyl (C=O) groups excluding carboxylic acids is 1. The third-order valence-corrected chi connectivity index (χ3v) is 5.56. The van der Waals surface area contributed by atoms with Crippen molar-refractivity contribution in [3.63, 3.8) is 0 Å². The van der Waals surface area contributed by atoms with E-state index in [2.05, 4.69) is 65.6 Å². The number of hydrogen-bond donors (Lipinski definition) is 0. The van der Waals surface area contributed by atoms with Crippen LogP contribution >= 0.6 is 31.9 Å². The van der Waals surface area contributed by atoms with Gasteiger partial charge in [-0.25, -0.2) is 0 Å². The van der Waals surface area contributed by atoms with Gasteiger partial charge in [0.2, 0.25) is 5.91 Å². The highest BCUT2D eigenvalue weighted by Gasteiger charge is 2.28. The molecule has 1 rings (SSSR count). The fraction of sp³-hybridized carbons (Fsp3) is 0.562. The number of hydrogen-bond acceptors (Lipinski definition) is 1. The van der Waals surface area contributed by atoms with Crippen LogP contribution in [0.4, 0.5) is 0 Å². The zero-order chi connectivity index (χ0) is 15.3. The summed E-state index contributed by atoms with van der Waals surface area (Å²) in [5.41, 5.74) is 1.15. The predicted octanol–water partition coefficient (Wildman–Crippen LogP) is 5.17. The Labute approximate surface area is 139 Å². The molecule has 0 saturated heterocycles. The van der Waals surface area contributed by atoms with Gasteiger partial charge in [0.05, 0.1) is 10.9 Å². The van der Waals surface area contributed by atoms with E-state index in [9.17, 15) is 4.79 Å². The number of benzene rings is 1. The maximum absolute atomic E-state index is 12.7. The smallest absolute Gasteiger partial charge is 0.237 e. The van der Waals surface area contributed by atoms with Crippen molar-refractivity contribution in [3.05, 3.63) is 34.3 Å². The average molecular weight is 405 g/mol. The van der Waals surface area contributed by atoms with Gasteiger partial charge in [0.25, 0.3) is 0 Å². The van der Waals surface area contributed by atoms with Gasteiger partial charge in [0.15, 0.2) is 0 Å². The highest BCUT2D eigenvalue weighted by Crippen LogP contribution is 2.29. The lowest BCUT2D eigenvalue weighted by Gasteiger charge is -2.32. The molecular weight excluding hydrogens is 382 g/mol. The quantitative estimate of drug-likeness (QED) is 0.599. The summed E-state index contributed by atoms with van der Waals surface area (Å²) in [6, 6.07) is 8.17. The molecule has 1 amide bonds. The first-order valence-electron chi connectivity index (χ1n) is 7.09. The fourth-order valence-corrected chi connectivity index (χ4v) is 3.04. The van der Waals surface area contributed by atoms with Crippen LogP contribution in [0, 0.1) is 5.92 Å². The Morgan fingerprint density at radius 2 is 1.85 bits per heavy atom. The maximum atomic E-state index is 12.7. The molecule has 2 unspecified atom stereocenters. The summed E-state index contributed by atoms with van der Waals surface area (Å²) in [6.45, 7) is 9.09. The molecule has 0 aromatic heterocycles. The molecule has 0 aliphatic heterocycles. The lowest BCUT2D eigenvalue weighted by Crippen LogP contribution is -2.40. The number of nitrogens with zero attached hydrogens (tertiary/aromatic N) is 1. The van der Waals surface area contributed by atoms with Crippen LogP contribution in [0.1, 0.15) is 45.7 Å². The van der Waals surface area contributed by atoms with E-state index in [-0.39, 0.29) is 22.7 Å². The summed E-state index contributed by atoms with van der Waals surface area (Å²) >= 11 is 7.12. The van der Waals surface area contributed by atoms with Gasteiger partial charge in [-0.05, 0) is 30.9 Å². The van der Waals surface area contributed by atoms with Crippen molar-refractivity contribution in [2.24, 2.45) is 5.92 Å². The first-order valence-corrected chi connectivity index (χ1v) is 8.80. The summed E-state index contributed by atoms with van der Waals surface area (Å²) in [5.74, 6) is 0.457. The Morgan fingerprint density at radius 1 is 1.25 bits per heavy atom. The molecule has 20 heavy (non-hydrogen) atoms. The molecule has 4 heteroatoms. The van der Waals surface area contributed by atoms with Gasteiger partial charge in [0.1, 0.15) is 0 Å².